The average Bonchev–Trinajstić information content (AvgIpc) is 2.54. The SMILES string of the molecule is O=C(O)C1(O)CCc2ccsc21. The number of carboxylic acid groups (broad SMARTS) is 1. The zero-order chi connectivity index (χ0) is 8.77. The van der Waals surface area contributed by atoms with Gasteiger partial charge in [-0.05, 0) is 29.9 Å². The third kappa shape index (κ3) is 0.820. The number of rotatable bonds is 1. The first-order valence-electron chi connectivity index (χ1n) is 3.67. The molecule has 0 bridgehead atoms. The molecule has 2 N–H and O–H groups in total. The van der Waals surface area contributed by atoms with Gasteiger partial charge in [0.25, 0.3) is 0 Å². The Balaban J connectivity index is 2.51. The third-order valence-corrected chi connectivity index (χ3v) is 3.34. The van der Waals surface area contributed by atoms with Crippen molar-refractivity contribution in [2.75, 3.05) is 0 Å². The van der Waals surface area contributed by atoms with Crippen molar-refractivity contribution in [3.05, 3.63) is 21.9 Å². The van der Waals surface area contributed by atoms with Crippen LogP contribution in [0.15, 0.2) is 11.4 Å². The molecular formula is C8H8O3S. The van der Waals surface area contributed by atoms with E-state index in [-0.39, 0.29) is 0 Å². The van der Waals surface area contributed by atoms with Crippen LogP contribution in [0.25, 0.3) is 0 Å². The highest BCUT2D eigenvalue weighted by atomic mass is 32.1. The van der Waals surface area contributed by atoms with Gasteiger partial charge in [-0.25, -0.2) is 4.79 Å². The van der Waals surface area contributed by atoms with Crippen LogP contribution in [0.1, 0.15) is 16.9 Å². The number of carboxylic acids is 1. The molecule has 0 fully saturated rings. The summed E-state index contributed by atoms with van der Waals surface area (Å²) < 4.78 is 0. The molecule has 0 saturated carbocycles. The van der Waals surface area contributed by atoms with Gasteiger partial charge in [-0.15, -0.1) is 11.3 Å². The molecular weight excluding hydrogens is 176 g/mol. The second-order valence-electron chi connectivity index (χ2n) is 2.94. The Kier molecular flexibility index (Phi) is 1.49. The lowest BCUT2D eigenvalue weighted by molar-refractivity contribution is -0.159. The van der Waals surface area contributed by atoms with E-state index in [0.29, 0.717) is 17.7 Å². The van der Waals surface area contributed by atoms with E-state index in [0.717, 1.165) is 5.56 Å². The molecule has 0 saturated heterocycles. The topological polar surface area (TPSA) is 57.5 Å². The number of aliphatic hydroxyl groups is 1. The van der Waals surface area contributed by atoms with Crippen molar-refractivity contribution in [1.29, 1.82) is 0 Å². The van der Waals surface area contributed by atoms with Crippen molar-refractivity contribution in [1.82, 2.24) is 0 Å². The van der Waals surface area contributed by atoms with Crippen molar-refractivity contribution >= 4 is 17.3 Å². The summed E-state index contributed by atoms with van der Waals surface area (Å²) in [6.45, 7) is 0. The van der Waals surface area contributed by atoms with Gasteiger partial charge in [0, 0.05) is 0 Å². The molecule has 1 unspecified atom stereocenters. The molecule has 1 aliphatic carbocycles. The van der Waals surface area contributed by atoms with Gasteiger partial charge >= 0.3 is 5.97 Å². The van der Waals surface area contributed by atoms with E-state index in [4.69, 9.17) is 5.11 Å². The summed E-state index contributed by atoms with van der Waals surface area (Å²) in [5.74, 6) is -1.14. The summed E-state index contributed by atoms with van der Waals surface area (Å²) in [6.07, 6.45) is 0.978. The van der Waals surface area contributed by atoms with E-state index >= 15 is 0 Å². The van der Waals surface area contributed by atoms with Gasteiger partial charge in [-0.1, -0.05) is 0 Å². The van der Waals surface area contributed by atoms with Gasteiger partial charge in [-0.3, -0.25) is 0 Å². The molecule has 4 heteroatoms. The van der Waals surface area contributed by atoms with Crippen LogP contribution in [0.5, 0.6) is 0 Å². The number of aryl methyl sites for hydroxylation is 1. The summed E-state index contributed by atoms with van der Waals surface area (Å²) in [5, 5.41) is 20.3. The fraction of sp³-hybridized carbons (Fsp3) is 0.375. The lowest BCUT2D eigenvalue weighted by Gasteiger charge is -2.15. The van der Waals surface area contributed by atoms with Gasteiger partial charge in [-0.2, -0.15) is 0 Å². The van der Waals surface area contributed by atoms with Crippen LogP contribution in [0.3, 0.4) is 0 Å². The van der Waals surface area contributed by atoms with Crippen molar-refractivity contribution in [3.8, 4) is 0 Å². The van der Waals surface area contributed by atoms with Gasteiger partial charge in [0.05, 0.1) is 4.88 Å². The number of aliphatic carboxylic acids is 1. The van der Waals surface area contributed by atoms with E-state index in [1.807, 2.05) is 11.4 Å². The minimum Gasteiger partial charge on any atom is -0.479 e. The molecule has 1 aliphatic rings. The van der Waals surface area contributed by atoms with Crippen LogP contribution in [0.2, 0.25) is 0 Å². The highest BCUT2D eigenvalue weighted by Crippen LogP contribution is 2.40. The average molecular weight is 184 g/mol. The molecule has 0 aliphatic heterocycles. The highest BCUT2D eigenvalue weighted by molar-refractivity contribution is 7.10. The zero-order valence-electron chi connectivity index (χ0n) is 6.28. The summed E-state index contributed by atoms with van der Waals surface area (Å²) in [7, 11) is 0. The molecule has 0 aromatic carbocycles. The Hall–Kier alpha value is -0.870. The minimum absolute atomic E-state index is 0.310. The lowest BCUT2D eigenvalue weighted by Crippen LogP contribution is -2.31. The van der Waals surface area contributed by atoms with E-state index in [1.54, 1.807) is 0 Å². The standard InChI is InChI=1S/C8H8O3S/c9-7(10)8(11)3-1-5-2-4-12-6(5)8/h2,4,11H,1,3H2,(H,9,10). The van der Waals surface area contributed by atoms with E-state index in [9.17, 15) is 9.90 Å². The maximum atomic E-state index is 10.7. The normalized spacial score (nSPS) is 27.1. The molecule has 3 nitrogen and oxygen atoms in total. The second-order valence-corrected chi connectivity index (χ2v) is 3.86. The van der Waals surface area contributed by atoms with E-state index in [2.05, 4.69) is 0 Å². The quantitative estimate of drug-likeness (QED) is 0.683. The predicted molar refractivity (Wildman–Crippen MR) is 44.2 cm³/mol. The molecule has 1 aromatic heterocycles. The van der Waals surface area contributed by atoms with E-state index in [1.165, 1.54) is 11.3 Å². The zero-order valence-corrected chi connectivity index (χ0v) is 7.10. The minimum atomic E-state index is -1.61. The molecule has 1 aromatic rings. The maximum Gasteiger partial charge on any atom is 0.341 e. The van der Waals surface area contributed by atoms with Crippen molar-refractivity contribution in [3.63, 3.8) is 0 Å². The Morgan fingerprint density at radius 1 is 1.67 bits per heavy atom. The Morgan fingerprint density at radius 3 is 3.08 bits per heavy atom. The predicted octanol–water partition coefficient (Wildman–Crippen LogP) is 0.967. The van der Waals surface area contributed by atoms with E-state index < -0.39 is 11.6 Å². The summed E-state index contributed by atoms with van der Waals surface area (Å²) in [6, 6.07) is 1.88. The third-order valence-electron chi connectivity index (χ3n) is 2.23. The summed E-state index contributed by atoms with van der Waals surface area (Å²) >= 11 is 1.32. The molecule has 0 amide bonds. The van der Waals surface area contributed by atoms with Crippen molar-refractivity contribution in [2.24, 2.45) is 0 Å². The molecule has 0 radical (unpaired) electrons. The number of fused-ring (bicyclic) bond motifs is 1. The Bertz CT molecular complexity index is 331. The fourth-order valence-electron chi connectivity index (χ4n) is 1.53. The summed E-state index contributed by atoms with van der Waals surface area (Å²) in [5.41, 5.74) is -0.631. The fourth-order valence-corrected chi connectivity index (χ4v) is 2.60. The lowest BCUT2D eigenvalue weighted by atomic mass is 10.0. The van der Waals surface area contributed by atoms with Crippen molar-refractivity contribution < 1.29 is 15.0 Å². The van der Waals surface area contributed by atoms with Gasteiger partial charge < -0.3 is 10.2 Å². The molecule has 12 heavy (non-hydrogen) atoms. The maximum absolute atomic E-state index is 10.7. The molecule has 0 spiro atoms. The number of carbonyl (C=O) groups is 1. The largest absolute Gasteiger partial charge is 0.479 e. The van der Waals surface area contributed by atoms with Crippen LogP contribution < -0.4 is 0 Å². The first-order chi connectivity index (χ1) is 5.64. The number of hydrogen-bond donors (Lipinski definition) is 2. The summed E-state index contributed by atoms with van der Waals surface area (Å²) in [4.78, 5) is 11.3. The molecule has 1 atom stereocenters. The smallest absolute Gasteiger partial charge is 0.341 e. The van der Waals surface area contributed by atoms with Gasteiger partial charge in [0.15, 0.2) is 5.60 Å². The molecule has 2 rings (SSSR count). The number of hydrogen-bond acceptors (Lipinski definition) is 3. The van der Waals surface area contributed by atoms with Gasteiger partial charge in [0.1, 0.15) is 0 Å². The Morgan fingerprint density at radius 2 is 2.42 bits per heavy atom. The molecule has 64 valence electrons. The first kappa shape index (κ1) is 7.76. The van der Waals surface area contributed by atoms with Crippen LogP contribution in [0.4, 0.5) is 0 Å². The monoisotopic (exact) mass is 184 g/mol. The Labute approximate surface area is 73.3 Å². The van der Waals surface area contributed by atoms with Crippen LogP contribution in [-0.4, -0.2) is 16.2 Å². The molecule has 1 heterocycles. The van der Waals surface area contributed by atoms with Crippen molar-refractivity contribution in [2.45, 2.75) is 18.4 Å². The van der Waals surface area contributed by atoms with Crippen LogP contribution >= 0.6 is 11.3 Å². The first-order valence-corrected chi connectivity index (χ1v) is 4.55. The number of thiophene rings is 1. The highest BCUT2D eigenvalue weighted by Gasteiger charge is 2.44. The second kappa shape index (κ2) is 2.31. The van der Waals surface area contributed by atoms with Crippen LogP contribution in [0, 0.1) is 0 Å². The van der Waals surface area contributed by atoms with Crippen LogP contribution in [-0.2, 0) is 16.8 Å². The van der Waals surface area contributed by atoms with Gasteiger partial charge in [0.2, 0.25) is 0 Å².